The summed E-state index contributed by atoms with van der Waals surface area (Å²) in [6.45, 7) is 5.69. The third-order valence-corrected chi connectivity index (χ3v) is 4.35. The maximum absolute atomic E-state index is 11.8. The lowest BCUT2D eigenvalue weighted by Gasteiger charge is -2.03. The van der Waals surface area contributed by atoms with Gasteiger partial charge in [-0.15, -0.1) is 11.3 Å². The van der Waals surface area contributed by atoms with Gasteiger partial charge in [-0.1, -0.05) is 17.8 Å². The third-order valence-electron chi connectivity index (χ3n) is 2.52. The largest absolute Gasteiger partial charge is 0.272 e. The highest BCUT2D eigenvalue weighted by Gasteiger charge is 2.06. The number of nitrogens with zero attached hydrogens (tertiary/aromatic N) is 3. The van der Waals surface area contributed by atoms with Gasteiger partial charge in [0.2, 0.25) is 0 Å². The molecule has 0 aromatic carbocycles. The number of thioether (sulfide) groups is 1. The number of amides is 1. The number of aromatic nitrogens is 2. The fourth-order valence-electron chi connectivity index (χ4n) is 1.61. The van der Waals surface area contributed by atoms with E-state index in [0.717, 1.165) is 22.0 Å². The minimum absolute atomic E-state index is 0.168. The monoisotopic (exact) mass is 320 g/mol. The van der Waals surface area contributed by atoms with Gasteiger partial charge in [-0.3, -0.25) is 4.79 Å². The molecule has 0 aliphatic carbocycles. The molecule has 0 aliphatic heterocycles. The normalized spacial score (nSPS) is 11.5. The van der Waals surface area contributed by atoms with E-state index in [2.05, 4.69) is 20.5 Å². The van der Waals surface area contributed by atoms with Crippen LogP contribution in [-0.4, -0.2) is 27.3 Å². The Morgan fingerprint density at radius 3 is 2.71 bits per heavy atom. The number of nitrogens with one attached hydrogen (secondary N) is 1. The van der Waals surface area contributed by atoms with Gasteiger partial charge >= 0.3 is 0 Å². The molecule has 1 N–H and O–H groups in total. The van der Waals surface area contributed by atoms with Gasteiger partial charge in [-0.05, 0) is 38.3 Å². The first kappa shape index (κ1) is 15.7. The number of carbonyl (C=O) groups is 1. The van der Waals surface area contributed by atoms with Crippen LogP contribution in [0.4, 0.5) is 0 Å². The molecule has 2 aromatic rings. The molecule has 7 heteroatoms. The maximum Gasteiger partial charge on any atom is 0.250 e. The molecule has 0 fully saturated rings. The Morgan fingerprint density at radius 1 is 1.38 bits per heavy atom. The first-order valence-electron chi connectivity index (χ1n) is 6.36. The maximum atomic E-state index is 11.8. The van der Waals surface area contributed by atoms with Crippen molar-refractivity contribution < 1.29 is 4.79 Å². The second-order valence-corrected chi connectivity index (χ2v) is 6.32. The summed E-state index contributed by atoms with van der Waals surface area (Å²) in [5, 5.41) is 6.68. The molecule has 0 bridgehead atoms. The topological polar surface area (TPSA) is 67.2 Å². The van der Waals surface area contributed by atoms with Crippen molar-refractivity contribution in [3.8, 4) is 0 Å². The number of hydrazone groups is 1. The standard InChI is InChI=1S/C14H16N4OS2/c1-9-7-10(2)16-14(15-9)21-8-13(19)18-17-11(3)12-5-4-6-20-12/h4-7H,8H2,1-3H3,(H,18,19)/b17-11-. The summed E-state index contributed by atoms with van der Waals surface area (Å²) in [6, 6.07) is 5.82. The van der Waals surface area contributed by atoms with Crippen molar-refractivity contribution in [2.75, 3.05) is 5.75 Å². The van der Waals surface area contributed by atoms with Crippen molar-refractivity contribution in [2.45, 2.75) is 25.9 Å². The summed E-state index contributed by atoms with van der Waals surface area (Å²) in [5.41, 5.74) is 5.15. The average Bonchev–Trinajstić information content (AvgIpc) is 2.95. The molecule has 0 radical (unpaired) electrons. The lowest BCUT2D eigenvalue weighted by molar-refractivity contribution is -0.118. The number of thiophene rings is 1. The Balaban J connectivity index is 1.86. The van der Waals surface area contributed by atoms with E-state index in [9.17, 15) is 4.79 Å². The molecule has 0 saturated heterocycles. The van der Waals surface area contributed by atoms with Crippen LogP contribution >= 0.6 is 23.1 Å². The Morgan fingerprint density at radius 2 is 2.10 bits per heavy atom. The SMILES string of the molecule is C/C(=N/NC(=O)CSc1nc(C)cc(C)n1)c1cccs1. The van der Waals surface area contributed by atoms with Crippen molar-refractivity contribution in [3.63, 3.8) is 0 Å². The first-order chi connectivity index (χ1) is 10.0. The van der Waals surface area contributed by atoms with Crippen molar-refractivity contribution in [2.24, 2.45) is 5.10 Å². The van der Waals surface area contributed by atoms with E-state index in [0.29, 0.717) is 5.16 Å². The van der Waals surface area contributed by atoms with Crippen LogP contribution < -0.4 is 5.43 Å². The molecule has 0 unspecified atom stereocenters. The Kier molecular flexibility index (Phi) is 5.46. The summed E-state index contributed by atoms with van der Waals surface area (Å²) in [7, 11) is 0. The molecular weight excluding hydrogens is 304 g/mol. The lowest BCUT2D eigenvalue weighted by atomic mass is 10.3. The van der Waals surface area contributed by atoms with Crippen LogP contribution in [0.25, 0.3) is 0 Å². The number of rotatable bonds is 5. The predicted octanol–water partition coefficient (Wildman–Crippen LogP) is 2.79. The zero-order valence-corrected chi connectivity index (χ0v) is 13.7. The van der Waals surface area contributed by atoms with Crippen LogP contribution in [0, 0.1) is 13.8 Å². The molecule has 0 saturated carbocycles. The van der Waals surface area contributed by atoms with Crippen LogP contribution in [0.1, 0.15) is 23.2 Å². The van der Waals surface area contributed by atoms with Crippen molar-refractivity contribution in [1.29, 1.82) is 0 Å². The van der Waals surface area contributed by atoms with Crippen molar-refractivity contribution in [1.82, 2.24) is 15.4 Å². The summed E-state index contributed by atoms with van der Waals surface area (Å²) in [6.07, 6.45) is 0. The number of hydrogen-bond donors (Lipinski definition) is 1. The molecule has 110 valence electrons. The van der Waals surface area contributed by atoms with E-state index in [1.165, 1.54) is 11.8 Å². The molecule has 1 amide bonds. The lowest BCUT2D eigenvalue weighted by Crippen LogP contribution is -2.21. The third kappa shape index (κ3) is 4.95. The van der Waals surface area contributed by atoms with Gasteiger partial charge in [-0.2, -0.15) is 5.10 Å². The van der Waals surface area contributed by atoms with Crippen molar-refractivity contribution >= 4 is 34.7 Å². The first-order valence-corrected chi connectivity index (χ1v) is 8.23. The van der Waals surface area contributed by atoms with Crippen LogP contribution in [0.5, 0.6) is 0 Å². The van der Waals surface area contributed by atoms with E-state index in [-0.39, 0.29) is 11.7 Å². The van der Waals surface area contributed by atoms with Crippen LogP contribution in [0.2, 0.25) is 0 Å². The molecular formula is C14H16N4OS2. The van der Waals surface area contributed by atoms with Gasteiger partial charge in [0.25, 0.3) is 5.91 Å². The highest BCUT2D eigenvalue weighted by Crippen LogP contribution is 2.13. The molecule has 0 aliphatic rings. The fourth-order valence-corrected chi connectivity index (χ4v) is 3.03. The molecule has 2 heterocycles. The second kappa shape index (κ2) is 7.33. The zero-order valence-electron chi connectivity index (χ0n) is 12.1. The average molecular weight is 320 g/mol. The smallest absolute Gasteiger partial charge is 0.250 e. The van der Waals surface area contributed by atoms with Crippen molar-refractivity contribution in [3.05, 3.63) is 39.8 Å². The molecule has 0 atom stereocenters. The van der Waals surface area contributed by atoms with Crippen LogP contribution in [0.15, 0.2) is 33.8 Å². The van der Waals surface area contributed by atoms with Gasteiger partial charge in [0, 0.05) is 16.3 Å². The highest BCUT2D eigenvalue weighted by molar-refractivity contribution is 7.99. The molecule has 2 aromatic heterocycles. The van der Waals surface area contributed by atoms with Gasteiger partial charge in [0.15, 0.2) is 5.16 Å². The van der Waals surface area contributed by atoms with E-state index < -0.39 is 0 Å². The number of hydrogen-bond acceptors (Lipinski definition) is 6. The minimum atomic E-state index is -0.168. The van der Waals surface area contributed by atoms with Gasteiger partial charge in [0.1, 0.15) is 0 Å². The summed E-state index contributed by atoms with van der Waals surface area (Å²) >= 11 is 2.89. The fraction of sp³-hybridized carbons (Fsp3) is 0.286. The Labute approximate surface area is 131 Å². The van der Waals surface area contributed by atoms with Gasteiger partial charge < -0.3 is 0 Å². The summed E-state index contributed by atoms with van der Waals surface area (Å²) in [4.78, 5) is 21.4. The van der Waals surface area contributed by atoms with Crippen LogP contribution in [-0.2, 0) is 4.79 Å². The molecule has 2 rings (SSSR count). The van der Waals surface area contributed by atoms with E-state index in [1.807, 2.05) is 44.4 Å². The summed E-state index contributed by atoms with van der Waals surface area (Å²) in [5.74, 6) is 0.0723. The Bertz CT molecular complexity index is 633. The second-order valence-electron chi connectivity index (χ2n) is 4.43. The Hall–Kier alpha value is -1.73. The van der Waals surface area contributed by atoms with Gasteiger partial charge in [0.05, 0.1) is 11.5 Å². The minimum Gasteiger partial charge on any atom is -0.272 e. The zero-order chi connectivity index (χ0) is 15.2. The highest BCUT2D eigenvalue weighted by atomic mass is 32.2. The molecule has 21 heavy (non-hydrogen) atoms. The van der Waals surface area contributed by atoms with E-state index in [1.54, 1.807) is 11.3 Å². The number of aryl methyl sites for hydroxylation is 2. The number of carbonyl (C=O) groups excluding carboxylic acids is 1. The molecule has 0 spiro atoms. The molecule has 5 nitrogen and oxygen atoms in total. The quantitative estimate of drug-likeness (QED) is 0.398. The van der Waals surface area contributed by atoms with Gasteiger partial charge in [-0.25, -0.2) is 15.4 Å². The van der Waals surface area contributed by atoms with E-state index >= 15 is 0 Å². The van der Waals surface area contributed by atoms with Crippen LogP contribution in [0.3, 0.4) is 0 Å². The predicted molar refractivity (Wildman–Crippen MR) is 86.9 cm³/mol. The summed E-state index contributed by atoms with van der Waals surface area (Å²) < 4.78 is 0. The van der Waals surface area contributed by atoms with E-state index in [4.69, 9.17) is 0 Å².